The third-order valence-electron chi connectivity index (χ3n) is 5.14. The highest BCUT2D eigenvalue weighted by molar-refractivity contribution is 14.1. The molecule has 0 radical (unpaired) electrons. The van der Waals surface area contributed by atoms with Gasteiger partial charge in [0.2, 0.25) is 0 Å². The summed E-state index contributed by atoms with van der Waals surface area (Å²) in [6, 6.07) is 4.39. The summed E-state index contributed by atoms with van der Waals surface area (Å²) in [6.45, 7) is 4.71. The van der Waals surface area contributed by atoms with E-state index >= 15 is 0 Å². The topological polar surface area (TPSA) is 58.2 Å². The maximum Gasteiger partial charge on any atom is 0.435 e. The smallest absolute Gasteiger partial charge is 0.346 e. The predicted octanol–water partition coefficient (Wildman–Crippen LogP) is 7.78. The Morgan fingerprint density at radius 1 is 0.973 bits per heavy atom. The largest absolute Gasteiger partial charge is 0.435 e. The molecule has 0 heterocycles. The number of benzene rings is 2. The van der Waals surface area contributed by atoms with Crippen molar-refractivity contribution in [2.45, 2.75) is 44.3 Å². The van der Waals surface area contributed by atoms with Crippen LogP contribution >= 0.6 is 50.3 Å². The number of hydrogen-bond acceptors (Lipinski definition) is 3. The van der Waals surface area contributed by atoms with Gasteiger partial charge in [0.15, 0.2) is 0 Å². The van der Waals surface area contributed by atoms with Gasteiger partial charge in [-0.2, -0.15) is 38.1 Å². The van der Waals surface area contributed by atoms with Gasteiger partial charge in [0.05, 0.1) is 11.1 Å². The first-order valence-corrected chi connectivity index (χ1v) is 13.6. The van der Waals surface area contributed by atoms with Gasteiger partial charge in [-0.15, -0.1) is 0 Å². The Morgan fingerprint density at radius 3 is 2.03 bits per heavy atom. The van der Waals surface area contributed by atoms with E-state index in [0.717, 1.165) is 13.0 Å². The molecule has 0 aromatic heterocycles. The number of aryl methyl sites for hydroxylation is 1. The molecule has 0 aliphatic heterocycles. The zero-order valence-corrected chi connectivity index (χ0v) is 24.3. The number of carbonyl (C=O) groups excluding carboxylic acids is 2. The highest BCUT2D eigenvalue weighted by Gasteiger charge is 2.73. The van der Waals surface area contributed by atoms with E-state index in [4.69, 9.17) is 0 Å². The number of anilines is 1. The van der Waals surface area contributed by atoms with Crippen molar-refractivity contribution in [1.82, 2.24) is 5.32 Å². The maximum atomic E-state index is 14.4. The zero-order chi connectivity index (χ0) is 28.6. The highest BCUT2D eigenvalue weighted by atomic mass is 127. The Balaban J connectivity index is 2.48. The summed E-state index contributed by atoms with van der Waals surface area (Å²) in [5.41, 5.74) is -8.36. The molecule has 0 bridgehead atoms. The van der Waals surface area contributed by atoms with E-state index in [0.29, 0.717) is 25.9 Å². The van der Waals surface area contributed by atoms with Crippen LogP contribution in [0, 0.1) is 10.5 Å². The van der Waals surface area contributed by atoms with Crippen molar-refractivity contribution in [3.05, 3.63) is 60.6 Å². The molecule has 0 aliphatic rings. The number of nitrogens with one attached hydrogen (secondary N) is 2. The second-order valence-electron chi connectivity index (χ2n) is 8.72. The van der Waals surface area contributed by atoms with Crippen LogP contribution in [0.2, 0.25) is 0 Å². The van der Waals surface area contributed by atoms with Gasteiger partial charge in [-0.05, 0) is 73.4 Å². The summed E-state index contributed by atoms with van der Waals surface area (Å²) in [4.78, 5) is 26.2. The number of hydrogen-bond donors (Lipinski definition) is 2. The van der Waals surface area contributed by atoms with E-state index < -0.39 is 40.9 Å². The van der Waals surface area contributed by atoms with E-state index in [1.165, 1.54) is 17.8 Å². The molecule has 2 N–H and O–H groups in total. The Hall–Kier alpha value is -1.55. The van der Waals surface area contributed by atoms with Crippen LogP contribution < -0.4 is 10.6 Å². The van der Waals surface area contributed by atoms with Gasteiger partial charge in [-0.1, -0.05) is 28.1 Å². The second kappa shape index (κ2) is 11.3. The molecule has 0 atom stereocenters. The van der Waals surface area contributed by atoms with Crippen LogP contribution in [-0.2, 0) is 5.67 Å². The van der Waals surface area contributed by atoms with Crippen molar-refractivity contribution in [3.8, 4) is 0 Å². The molecule has 2 aromatic rings. The Labute approximate surface area is 234 Å². The minimum Gasteiger partial charge on any atom is -0.346 e. The lowest BCUT2D eigenvalue weighted by Gasteiger charge is -2.30. The average Bonchev–Trinajstić information content (AvgIpc) is 2.71. The van der Waals surface area contributed by atoms with Crippen LogP contribution in [0.15, 0.2) is 34.8 Å². The summed E-state index contributed by atoms with van der Waals surface area (Å²) in [5, 5.41) is 5.23. The SMILES string of the molecule is CSCC(C)(C)NC(=O)c1c(I)cc(Br)cc1C(=O)Nc1ccc(C(F)(C(F)(F)F)C(F)(F)F)cc1C. The predicted molar refractivity (Wildman–Crippen MR) is 141 cm³/mol. The maximum absolute atomic E-state index is 14.4. The van der Waals surface area contributed by atoms with E-state index in [1.54, 1.807) is 19.9 Å². The van der Waals surface area contributed by atoms with Gasteiger partial charge in [-0.25, -0.2) is 4.39 Å². The van der Waals surface area contributed by atoms with E-state index in [-0.39, 0.29) is 22.4 Å². The van der Waals surface area contributed by atoms with Crippen LogP contribution in [0.1, 0.15) is 45.7 Å². The molecule has 2 amide bonds. The molecular weight excluding hydrogens is 708 g/mol. The summed E-state index contributed by atoms with van der Waals surface area (Å²) in [7, 11) is 0. The second-order valence-corrected chi connectivity index (χ2v) is 11.7. The first-order valence-electron chi connectivity index (χ1n) is 10.3. The molecule has 0 saturated heterocycles. The molecule has 0 aliphatic carbocycles. The molecule has 0 spiro atoms. The van der Waals surface area contributed by atoms with Crippen molar-refractivity contribution in [1.29, 1.82) is 0 Å². The van der Waals surface area contributed by atoms with Crippen LogP contribution in [0.25, 0.3) is 0 Å². The van der Waals surface area contributed by atoms with E-state index in [9.17, 15) is 40.3 Å². The summed E-state index contributed by atoms with van der Waals surface area (Å²) in [5.74, 6) is -0.822. The Kier molecular flexibility index (Phi) is 9.66. The fraction of sp³-hybridized carbons (Fsp3) is 0.391. The minimum absolute atomic E-state index is 0.0293. The number of thioether (sulfide) groups is 1. The lowest BCUT2D eigenvalue weighted by Crippen LogP contribution is -2.50. The van der Waals surface area contributed by atoms with Gasteiger partial charge in [0, 0.05) is 30.6 Å². The van der Waals surface area contributed by atoms with Crippen LogP contribution in [-0.4, -0.2) is 41.7 Å². The summed E-state index contributed by atoms with van der Waals surface area (Å²) in [6.07, 6.45) is -10.7. The van der Waals surface area contributed by atoms with Gasteiger partial charge in [-0.3, -0.25) is 9.59 Å². The molecule has 0 fully saturated rings. The minimum atomic E-state index is -6.26. The molecule has 2 rings (SSSR count). The van der Waals surface area contributed by atoms with Gasteiger partial charge < -0.3 is 10.6 Å². The first-order chi connectivity index (χ1) is 16.7. The number of rotatable bonds is 7. The monoisotopic (exact) mass is 728 g/mol. The Bertz CT molecular complexity index is 1190. The molecule has 0 saturated carbocycles. The molecule has 4 nitrogen and oxygen atoms in total. The highest BCUT2D eigenvalue weighted by Crippen LogP contribution is 2.53. The van der Waals surface area contributed by atoms with Crippen LogP contribution in [0.4, 0.5) is 36.4 Å². The molecular formula is C23H21BrF7IN2O2S. The molecule has 2 aromatic carbocycles. The number of alkyl halides is 7. The van der Waals surface area contributed by atoms with Crippen molar-refractivity contribution in [3.63, 3.8) is 0 Å². The molecule has 37 heavy (non-hydrogen) atoms. The summed E-state index contributed by atoms with van der Waals surface area (Å²) >= 11 is 6.61. The zero-order valence-electron chi connectivity index (χ0n) is 19.7. The van der Waals surface area contributed by atoms with Crippen molar-refractivity contribution < 1.29 is 40.3 Å². The third-order valence-corrected chi connectivity index (χ3v) is 7.46. The van der Waals surface area contributed by atoms with Crippen LogP contribution in [0.3, 0.4) is 0 Å². The lowest BCUT2D eigenvalue weighted by atomic mass is 9.92. The number of carbonyl (C=O) groups is 2. The van der Waals surface area contributed by atoms with Gasteiger partial charge >= 0.3 is 18.0 Å². The molecule has 0 unspecified atom stereocenters. The fourth-order valence-corrected chi connectivity index (χ4v) is 6.00. The Morgan fingerprint density at radius 2 is 1.54 bits per heavy atom. The third kappa shape index (κ3) is 6.91. The van der Waals surface area contributed by atoms with Crippen molar-refractivity contribution in [2.75, 3.05) is 17.3 Å². The molecule has 14 heteroatoms. The van der Waals surface area contributed by atoms with E-state index in [1.807, 2.05) is 28.8 Å². The van der Waals surface area contributed by atoms with Crippen molar-refractivity contribution in [2.24, 2.45) is 0 Å². The first kappa shape index (κ1) is 31.7. The lowest BCUT2D eigenvalue weighted by molar-refractivity contribution is -0.348. The van der Waals surface area contributed by atoms with Gasteiger partial charge in [0.25, 0.3) is 11.8 Å². The average molecular weight is 729 g/mol. The standard InChI is InChI=1S/C23H21BrF7IN2O2S/c1-11-7-12(21(25,22(26,27)28)23(29,30)31)5-6-16(11)33-18(35)14-8-13(24)9-15(32)17(14)19(36)34-20(2,3)10-37-4/h5-9H,10H2,1-4H3,(H,33,35)(H,34,36). The number of amides is 2. The fourth-order valence-electron chi connectivity index (χ4n) is 3.45. The van der Waals surface area contributed by atoms with Crippen molar-refractivity contribution >= 4 is 67.8 Å². The quantitative estimate of drug-likeness (QED) is 0.226. The van der Waals surface area contributed by atoms with Gasteiger partial charge in [0.1, 0.15) is 0 Å². The van der Waals surface area contributed by atoms with Crippen LogP contribution in [0.5, 0.6) is 0 Å². The van der Waals surface area contributed by atoms with E-state index in [2.05, 4.69) is 26.6 Å². The molecule has 204 valence electrons. The normalized spacial score (nSPS) is 12.9. The summed E-state index contributed by atoms with van der Waals surface area (Å²) < 4.78 is 93.9. The number of halogens is 9.